The Morgan fingerprint density at radius 3 is 2.71 bits per heavy atom. The number of hydrogen-bond acceptors (Lipinski definition) is 4. The van der Waals surface area contributed by atoms with Crippen LogP contribution in [0.15, 0.2) is 48.7 Å². The summed E-state index contributed by atoms with van der Waals surface area (Å²) in [6.45, 7) is 3.37. The van der Waals surface area contributed by atoms with E-state index in [1.807, 2.05) is 49.4 Å². The van der Waals surface area contributed by atoms with Gasteiger partial charge < -0.3 is 15.4 Å². The molecule has 24 heavy (non-hydrogen) atoms. The Bertz CT molecular complexity index is 675. The predicted molar refractivity (Wildman–Crippen MR) is 95.0 cm³/mol. The Morgan fingerprint density at radius 1 is 1.21 bits per heavy atom. The molecule has 1 aromatic heterocycles. The van der Waals surface area contributed by atoms with Crippen LogP contribution in [-0.2, 0) is 16.0 Å². The number of para-hydroxylation sites is 2. The Morgan fingerprint density at radius 2 is 2.00 bits per heavy atom. The van der Waals surface area contributed by atoms with Crippen LogP contribution in [0.3, 0.4) is 0 Å². The average Bonchev–Trinajstić information content (AvgIpc) is 3.03. The minimum absolute atomic E-state index is 0.0192. The largest absolute Gasteiger partial charge is 0.383 e. The van der Waals surface area contributed by atoms with Crippen molar-refractivity contribution in [1.82, 2.24) is 4.98 Å². The average molecular weight is 325 g/mol. The molecule has 2 heterocycles. The van der Waals surface area contributed by atoms with Crippen molar-refractivity contribution in [3.05, 3.63) is 54.4 Å². The van der Waals surface area contributed by atoms with E-state index in [1.165, 1.54) is 0 Å². The Hall–Kier alpha value is -2.40. The number of rotatable bonds is 6. The molecule has 1 amide bonds. The number of anilines is 2. The molecular weight excluding hydrogens is 302 g/mol. The van der Waals surface area contributed by atoms with Crippen LogP contribution in [0.2, 0.25) is 0 Å². The lowest BCUT2D eigenvalue weighted by atomic mass is 10.0. The van der Waals surface area contributed by atoms with E-state index in [0.717, 1.165) is 36.5 Å². The topological polar surface area (TPSA) is 63.2 Å². The van der Waals surface area contributed by atoms with Gasteiger partial charge in [0.25, 0.3) is 0 Å². The van der Waals surface area contributed by atoms with Gasteiger partial charge in [0.05, 0.1) is 23.4 Å². The zero-order valence-corrected chi connectivity index (χ0v) is 13.9. The van der Waals surface area contributed by atoms with Crippen molar-refractivity contribution in [1.29, 1.82) is 0 Å². The summed E-state index contributed by atoms with van der Waals surface area (Å²) in [4.78, 5) is 16.8. The molecule has 0 bridgehead atoms. The van der Waals surface area contributed by atoms with Crippen molar-refractivity contribution in [3.8, 4) is 0 Å². The molecule has 1 fully saturated rings. The first-order chi connectivity index (χ1) is 11.7. The number of nitrogens with one attached hydrogen (secondary N) is 2. The molecule has 0 aliphatic carbocycles. The van der Waals surface area contributed by atoms with Crippen LogP contribution < -0.4 is 10.6 Å². The van der Waals surface area contributed by atoms with Gasteiger partial charge in [-0.05, 0) is 37.6 Å². The fourth-order valence-electron chi connectivity index (χ4n) is 2.92. The lowest BCUT2D eigenvalue weighted by molar-refractivity contribution is -0.121. The van der Waals surface area contributed by atoms with Gasteiger partial charge in [-0.1, -0.05) is 18.2 Å². The summed E-state index contributed by atoms with van der Waals surface area (Å²) in [7, 11) is 0. The summed E-state index contributed by atoms with van der Waals surface area (Å²) in [6, 6.07) is 13.7. The Balaban J connectivity index is 1.59. The highest BCUT2D eigenvalue weighted by atomic mass is 16.5. The lowest BCUT2D eigenvalue weighted by Gasteiger charge is -2.17. The molecule has 3 rings (SSSR count). The summed E-state index contributed by atoms with van der Waals surface area (Å²) in [5, 5.41) is 6.42. The third kappa shape index (κ3) is 4.11. The maximum atomic E-state index is 12.4. The van der Waals surface area contributed by atoms with Crippen molar-refractivity contribution in [2.75, 3.05) is 23.8 Å². The summed E-state index contributed by atoms with van der Waals surface area (Å²) in [5.41, 5.74) is 2.78. The van der Waals surface area contributed by atoms with E-state index in [9.17, 15) is 4.79 Å². The molecule has 1 saturated heterocycles. The van der Waals surface area contributed by atoms with Gasteiger partial charge in [-0.25, -0.2) is 0 Å². The van der Waals surface area contributed by atoms with E-state index in [-0.39, 0.29) is 17.9 Å². The van der Waals surface area contributed by atoms with Gasteiger partial charge in [-0.15, -0.1) is 0 Å². The maximum Gasteiger partial charge on any atom is 0.230 e. The highest BCUT2D eigenvalue weighted by Gasteiger charge is 2.30. The predicted octanol–water partition coefficient (Wildman–Crippen LogP) is 3.10. The molecule has 5 nitrogen and oxygen atoms in total. The second kappa shape index (κ2) is 7.93. The van der Waals surface area contributed by atoms with E-state index in [0.29, 0.717) is 6.61 Å². The smallest absolute Gasteiger partial charge is 0.230 e. The van der Waals surface area contributed by atoms with Gasteiger partial charge >= 0.3 is 0 Å². The standard InChI is InChI=1S/C19H23N3O2/c1-14-16(10-13-24-14)19(23)22-18-8-3-2-7-17(18)21-12-9-15-6-4-5-11-20-15/h2-8,11,14,16,21H,9-10,12-13H2,1H3,(H,22,23)/t14-,16+/m0/s1. The number of pyridine rings is 1. The van der Waals surface area contributed by atoms with Crippen molar-refractivity contribution >= 4 is 17.3 Å². The fraction of sp³-hybridized carbons (Fsp3) is 0.368. The SMILES string of the molecule is C[C@@H]1OCC[C@H]1C(=O)Nc1ccccc1NCCc1ccccn1. The number of benzene rings is 1. The van der Waals surface area contributed by atoms with Crippen LogP contribution in [0.25, 0.3) is 0 Å². The molecular formula is C19H23N3O2. The Labute approximate surface area is 142 Å². The third-order valence-electron chi connectivity index (χ3n) is 4.32. The molecule has 2 atom stereocenters. The molecule has 1 aromatic carbocycles. The molecule has 1 aliphatic rings. The van der Waals surface area contributed by atoms with Crippen LogP contribution in [0.5, 0.6) is 0 Å². The second-order valence-electron chi connectivity index (χ2n) is 6.00. The molecule has 1 aliphatic heterocycles. The van der Waals surface area contributed by atoms with Crippen molar-refractivity contribution in [3.63, 3.8) is 0 Å². The molecule has 2 aromatic rings. The highest BCUT2D eigenvalue weighted by molar-refractivity contribution is 5.96. The minimum atomic E-state index is -0.0772. The van der Waals surface area contributed by atoms with Gasteiger partial charge in [-0.2, -0.15) is 0 Å². The Kier molecular flexibility index (Phi) is 5.43. The van der Waals surface area contributed by atoms with E-state index in [2.05, 4.69) is 15.6 Å². The van der Waals surface area contributed by atoms with Gasteiger partial charge in [0, 0.05) is 31.5 Å². The molecule has 0 unspecified atom stereocenters. The van der Waals surface area contributed by atoms with Gasteiger partial charge in [0.2, 0.25) is 5.91 Å². The zero-order valence-electron chi connectivity index (χ0n) is 13.9. The minimum Gasteiger partial charge on any atom is -0.383 e. The number of nitrogens with zero attached hydrogens (tertiary/aromatic N) is 1. The van der Waals surface area contributed by atoms with E-state index in [1.54, 1.807) is 6.20 Å². The third-order valence-corrected chi connectivity index (χ3v) is 4.32. The second-order valence-corrected chi connectivity index (χ2v) is 6.00. The quantitative estimate of drug-likeness (QED) is 0.856. The van der Waals surface area contributed by atoms with E-state index >= 15 is 0 Å². The summed E-state index contributed by atoms with van der Waals surface area (Å²) < 4.78 is 5.48. The number of ether oxygens (including phenoxy) is 1. The number of carbonyl (C=O) groups excluding carboxylic acids is 1. The molecule has 0 radical (unpaired) electrons. The van der Waals surface area contributed by atoms with Crippen molar-refractivity contribution in [2.24, 2.45) is 5.92 Å². The number of carbonyl (C=O) groups is 1. The zero-order chi connectivity index (χ0) is 16.8. The fourth-order valence-corrected chi connectivity index (χ4v) is 2.92. The highest BCUT2D eigenvalue weighted by Crippen LogP contribution is 2.25. The maximum absolute atomic E-state index is 12.4. The lowest BCUT2D eigenvalue weighted by Crippen LogP contribution is -2.28. The van der Waals surface area contributed by atoms with Gasteiger partial charge in [-0.3, -0.25) is 9.78 Å². The number of hydrogen-bond donors (Lipinski definition) is 2. The van der Waals surface area contributed by atoms with Crippen LogP contribution in [-0.4, -0.2) is 30.1 Å². The van der Waals surface area contributed by atoms with Gasteiger partial charge in [0.1, 0.15) is 0 Å². The van der Waals surface area contributed by atoms with Crippen LogP contribution in [0.4, 0.5) is 11.4 Å². The number of aromatic nitrogens is 1. The molecule has 126 valence electrons. The van der Waals surface area contributed by atoms with Crippen LogP contribution in [0, 0.1) is 5.92 Å². The summed E-state index contributed by atoms with van der Waals surface area (Å²) in [6.07, 6.45) is 3.39. The van der Waals surface area contributed by atoms with E-state index in [4.69, 9.17) is 4.74 Å². The van der Waals surface area contributed by atoms with Crippen molar-refractivity contribution < 1.29 is 9.53 Å². The summed E-state index contributed by atoms with van der Waals surface area (Å²) >= 11 is 0. The van der Waals surface area contributed by atoms with Crippen LogP contribution >= 0.6 is 0 Å². The van der Waals surface area contributed by atoms with Gasteiger partial charge in [0.15, 0.2) is 0 Å². The van der Waals surface area contributed by atoms with E-state index < -0.39 is 0 Å². The normalized spacial score (nSPS) is 19.9. The van der Waals surface area contributed by atoms with Crippen LogP contribution in [0.1, 0.15) is 19.0 Å². The molecule has 2 N–H and O–H groups in total. The molecule has 5 heteroatoms. The van der Waals surface area contributed by atoms with Crippen molar-refractivity contribution in [2.45, 2.75) is 25.9 Å². The first-order valence-corrected chi connectivity index (χ1v) is 8.39. The first kappa shape index (κ1) is 16.5. The first-order valence-electron chi connectivity index (χ1n) is 8.39. The number of amides is 1. The summed E-state index contributed by atoms with van der Waals surface area (Å²) in [5.74, 6) is -0.0504. The molecule has 0 saturated carbocycles. The molecule has 0 spiro atoms. The monoisotopic (exact) mass is 325 g/mol.